The summed E-state index contributed by atoms with van der Waals surface area (Å²) in [5.74, 6) is -0.498. The van der Waals surface area contributed by atoms with Crippen molar-refractivity contribution >= 4 is 28.0 Å². The van der Waals surface area contributed by atoms with Gasteiger partial charge < -0.3 is 15.4 Å². The maximum absolute atomic E-state index is 11.7. The van der Waals surface area contributed by atoms with E-state index in [0.29, 0.717) is 15.4 Å². The largest absolute Gasteiger partial charge is 0.465 e. The Bertz CT molecular complexity index is 458. The molecule has 5 nitrogen and oxygen atoms in total. The molecule has 92 valence electrons. The number of nitrogens with zero attached hydrogens (tertiary/aromatic N) is 2. The zero-order chi connectivity index (χ0) is 13.0. The van der Waals surface area contributed by atoms with E-state index in [9.17, 15) is 4.79 Å². The molecule has 17 heavy (non-hydrogen) atoms. The molecule has 0 radical (unpaired) electrons. The van der Waals surface area contributed by atoms with E-state index in [1.54, 1.807) is 0 Å². The second-order valence-electron chi connectivity index (χ2n) is 3.30. The molecule has 0 aliphatic carbocycles. The highest BCUT2D eigenvalue weighted by molar-refractivity contribution is 7.17. The van der Waals surface area contributed by atoms with Crippen LogP contribution in [0.3, 0.4) is 0 Å². The summed E-state index contributed by atoms with van der Waals surface area (Å²) in [6, 6.07) is 2.00. The smallest absolute Gasteiger partial charge is 0.343 e. The molecule has 0 saturated carbocycles. The molecule has 0 unspecified atom stereocenters. The fourth-order valence-electron chi connectivity index (χ4n) is 1.55. The first kappa shape index (κ1) is 13.3. The monoisotopic (exact) mass is 253 g/mol. The molecule has 1 heterocycles. The van der Waals surface area contributed by atoms with Crippen LogP contribution in [-0.2, 0) is 4.74 Å². The van der Waals surface area contributed by atoms with Gasteiger partial charge in [-0.15, -0.1) is 11.3 Å². The summed E-state index contributed by atoms with van der Waals surface area (Å²) < 4.78 is 4.71. The third-order valence-corrected chi connectivity index (χ3v) is 3.64. The van der Waals surface area contributed by atoms with Crippen LogP contribution in [0.15, 0.2) is 0 Å². The van der Waals surface area contributed by atoms with Gasteiger partial charge in [0.2, 0.25) is 0 Å². The van der Waals surface area contributed by atoms with Gasteiger partial charge in [-0.1, -0.05) is 0 Å². The molecule has 1 aromatic rings. The molecule has 0 spiro atoms. The van der Waals surface area contributed by atoms with Crippen molar-refractivity contribution in [2.75, 3.05) is 30.8 Å². The number of hydrogen-bond donors (Lipinski definition) is 1. The third-order valence-electron chi connectivity index (χ3n) is 2.47. The molecule has 0 aliphatic heterocycles. The molecule has 1 rings (SSSR count). The van der Waals surface area contributed by atoms with Gasteiger partial charge in [-0.25, -0.2) is 4.79 Å². The third kappa shape index (κ3) is 2.34. The quantitative estimate of drug-likeness (QED) is 0.828. The first-order chi connectivity index (χ1) is 8.10. The lowest BCUT2D eigenvalue weighted by atomic mass is 10.2. The van der Waals surface area contributed by atoms with E-state index in [-0.39, 0.29) is 5.69 Å². The molecule has 6 heteroatoms. The summed E-state index contributed by atoms with van der Waals surface area (Å²) in [4.78, 5) is 14.0. The van der Waals surface area contributed by atoms with Crippen molar-refractivity contribution in [2.24, 2.45) is 0 Å². The minimum absolute atomic E-state index is 0.214. The number of esters is 1. The van der Waals surface area contributed by atoms with Crippen LogP contribution in [0.4, 0.5) is 10.7 Å². The number of rotatable bonds is 4. The molecule has 0 saturated heterocycles. The van der Waals surface area contributed by atoms with Crippen LogP contribution in [0.1, 0.15) is 29.1 Å². The Kier molecular flexibility index (Phi) is 4.35. The van der Waals surface area contributed by atoms with E-state index in [1.807, 2.05) is 24.8 Å². The highest BCUT2D eigenvalue weighted by atomic mass is 32.1. The Morgan fingerprint density at radius 2 is 2.12 bits per heavy atom. The number of hydrogen-bond acceptors (Lipinski definition) is 6. The van der Waals surface area contributed by atoms with E-state index < -0.39 is 5.97 Å². The molecular formula is C11H15N3O2S. The number of nitriles is 1. The zero-order valence-corrected chi connectivity index (χ0v) is 10.9. The van der Waals surface area contributed by atoms with Crippen molar-refractivity contribution in [2.45, 2.75) is 13.8 Å². The molecule has 0 bridgehead atoms. The minimum atomic E-state index is -0.498. The molecule has 0 fully saturated rings. The van der Waals surface area contributed by atoms with Crippen LogP contribution >= 0.6 is 11.3 Å². The van der Waals surface area contributed by atoms with Crippen LogP contribution in [0.2, 0.25) is 0 Å². The van der Waals surface area contributed by atoms with E-state index in [2.05, 4.69) is 0 Å². The van der Waals surface area contributed by atoms with E-state index >= 15 is 0 Å². The van der Waals surface area contributed by atoms with Gasteiger partial charge in [-0.05, 0) is 13.8 Å². The number of carbonyl (C=O) groups excluding carboxylic acids is 1. The predicted octanol–water partition coefficient (Wildman–Crippen LogP) is 1.83. The number of nitrogens with two attached hydrogens (primary N) is 1. The molecule has 0 aromatic carbocycles. The summed E-state index contributed by atoms with van der Waals surface area (Å²) >= 11 is 1.23. The number of methoxy groups -OCH3 is 1. The normalized spacial score (nSPS) is 9.76. The number of carbonyl (C=O) groups is 1. The number of ether oxygens (including phenoxy) is 1. The standard InChI is InChI=1S/C11H15N3O2S/c1-4-14(5-2)10-8(11(15)16-3)9(13)7(6-12)17-10/h4-5,13H2,1-3H3. The van der Waals surface area contributed by atoms with Gasteiger partial charge in [0.15, 0.2) is 0 Å². The lowest BCUT2D eigenvalue weighted by Gasteiger charge is -2.19. The summed E-state index contributed by atoms with van der Waals surface area (Å²) in [5, 5.41) is 9.65. The molecule has 0 aliphatic rings. The highest BCUT2D eigenvalue weighted by Crippen LogP contribution is 2.38. The van der Waals surface area contributed by atoms with Crippen molar-refractivity contribution in [3.8, 4) is 6.07 Å². The molecule has 0 atom stereocenters. The Hall–Kier alpha value is -1.74. The number of anilines is 2. The first-order valence-electron chi connectivity index (χ1n) is 5.26. The van der Waals surface area contributed by atoms with Gasteiger partial charge in [0.1, 0.15) is 21.5 Å². The zero-order valence-electron chi connectivity index (χ0n) is 10.1. The topological polar surface area (TPSA) is 79.4 Å². The van der Waals surface area contributed by atoms with E-state index in [1.165, 1.54) is 18.4 Å². The van der Waals surface area contributed by atoms with Gasteiger partial charge in [-0.2, -0.15) is 5.26 Å². The molecule has 1 aromatic heterocycles. The predicted molar refractivity (Wildman–Crippen MR) is 68.3 cm³/mol. The average molecular weight is 253 g/mol. The van der Waals surface area contributed by atoms with Crippen LogP contribution in [0.25, 0.3) is 0 Å². The van der Waals surface area contributed by atoms with Gasteiger partial charge in [0, 0.05) is 13.1 Å². The van der Waals surface area contributed by atoms with Crippen LogP contribution in [0, 0.1) is 11.3 Å². The second-order valence-corrected chi connectivity index (χ2v) is 4.30. The average Bonchev–Trinajstić information content (AvgIpc) is 2.67. The summed E-state index contributed by atoms with van der Waals surface area (Å²) in [5.41, 5.74) is 6.32. The van der Waals surface area contributed by atoms with Crippen LogP contribution in [-0.4, -0.2) is 26.2 Å². The summed E-state index contributed by atoms with van der Waals surface area (Å²) in [6.45, 7) is 5.44. The Morgan fingerprint density at radius 1 is 1.53 bits per heavy atom. The van der Waals surface area contributed by atoms with Crippen molar-refractivity contribution in [3.05, 3.63) is 10.4 Å². The molecule has 0 amide bonds. The number of nitrogen functional groups attached to an aromatic ring is 1. The van der Waals surface area contributed by atoms with Crippen molar-refractivity contribution < 1.29 is 9.53 Å². The Balaban J connectivity index is 3.38. The van der Waals surface area contributed by atoms with Crippen molar-refractivity contribution in [1.29, 1.82) is 5.26 Å². The first-order valence-corrected chi connectivity index (χ1v) is 6.07. The highest BCUT2D eigenvalue weighted by Gasteiger charge is 2.25. The second kappa shape index (κ2) is 5.55. The van der Waals surface area contributed by atoms with Gasteiger partial charge in [-0.3, -0.25) is 0 Å². The van der Waals surface area contributed by atoms with E-state index in [0.717, 1.165) is 13.1 Å². The summed E-state index contributed by atoms with van der Waals surface area (Å²) in [6.07, 6.45) is 0. The van der Waals surface area contributed by atoms with Gasteiger partial charge in [0.25, 0.3) is 0 Å². The number of thiophene rings is 1. The van der Waals surface area contributed by atoms with Crippen LogP contribution in [0.5, 0.6) is 0 Å². The minimum Gasteiger partial charge on any atom is -0.465 e. The lowest BCUT2D eigenvalue weighted by Crippen LogP contribution is -2.23. The Morgan fingerprint density at radius 3 is 2.53 bits per heavy atom. The van der Waals surface area contributed by atoms with E-state index in [4.69, 9.17) is 15.7 Å². The summed E-state index contributed by atoms with van der Waals surface area (Å²) in [7, 11) is 1.30. The fraction of sp³-hybridized carbons (Fsp3) is 0.455. The van der Waals surface area contributed by atoms with Crippen LogP contribution < -0.4 is 10.6 Å². The molecule has 2 N–H and O–H groups in total. The van der Waals surface area contributed by atoms with Gasteiger partial charge >= 0.3 is 5.97 Å². The molecular weight excluding hydrogens is 238 g/mol. The maximum Gasteiger partial charge on any atom is 0.343 e. The fourth-order valence-corrected chi connectivity index (χ4v) is 2.68. The van der Waals surface area contributed by atoms with Gasteiger partial charge in [0.05, 0.1) is 12.8 Å². The van der Waals surface area contributed by atoms with Crippen molar-refractivity contribution in [3.63, 3.8) is 0 Å². The SMILES string of the molecule is CCN(CC)c1sc(C#N)c(N)c1C(=O)OC. The van der Waals surface area contributed by atoms with Crippen molar-refractivity contribution in [1.82, 2.24) is 0 Å². The maximum atomic E-state index is 11.7. The lowest BCUT2D eigenvalue weighted by molar-refractivity contribution is 0.0603. The Labute approximate surface area is 104 Å².